The normalized spacial score (nSPS) is 22.7. The Morgan fingerprint density at radius 2 is 1.71 bits per heavy atom. The van der Waals surface area contributed by atoms with Crippen LogP contribution in [0, 0.1) is 0 Å². The molecule has 0 aromatic heterocycles. The number of nitrogens with two attached hydrogens (primary N) is 1. The standard InChI is InChI=1S/C19H22F2N2O/c1-13(14-7-9-16(10-8-14)24-19(20)21)23-11-17(18(22)12-23)15-5-3-2-4-6-15/h2-10,13,17-19H,11-12,22H2,1H3/t13?,17-,18+/m0/s1. The average molecular weight is 332 g/mol. The Balaban J connectivity index is 1.68. The van der Waals surface area contributed by atoms with Crippen molar-refractivity contribution in [3.8, 4) is 5.75 Å². The van der Waals surface area contributed by atoms with E-state index in [2.05, 4.69) is 28.7 Å². The largest absolute Gasteiger partial charge is 0.435 e. The molecule has 1 fully saturated rings. The molecule has 1 aliphatic rings. The lowest BCUT2D eigenvalue weighted by molar-refractivity contribution is -0.0498. The van der Waals surface area contributed by atoms with Gasteiger partial charge in [-0.2, -0.15) is 8.78 Å². The molecule has 24 heavy (non-hydrogen) atoms. The first kappa shape index (κ1) is 16.9. The Morgan fingerprint density at radius 3 is 2.33 bits per heavy atom. The summed E-state index contributed by atoms with van der Waals surface area (Å²) in [6.07, 6.45) is 0. The average Bonchev–Trinajstić information content (AvgIpc) is 2.97. The number of hydrogen-bond acceptors (Lipinski definition) is 3. The molecule has 2 N–H and O–H groups in total. The van der Waals surface area contributed by atoms with Crippen LogP contribution in [0.3, 0.4) is 0 Å². The van der Waals surface area contributed by atoms with Gasteiger partial charge in [0.1, 0.15) is 5.75 Å². The first-order chi connectivity index (χ1) is 11.5. The van der Waals surface area contributed by atoms with Gasteiger partial charge in [-0.1, -0.05) is 42.5 Å². The summed E-state index contributed by atoms with van der Waals surface area (Å²) in [6.45, 7) is 1.03. The van der Waals surface area contributed by atoms with Gasteiger partial charge < -0.3 is 10.5 Å². The molecule has 0 bridgehead atoms. The molecule has 3 rings (SSSR count). The highest BCUT2D eigenvalue weighted by Crippen LogP contribution is 2.32. The molecule has 1 heterocycles. The molecular formula is C19H22F2N2O. The van der Waals surface area contributed by atoms with Crippen LogP contribution in [0.1, 0.15) is 30.0 Å². The smallest absolute Gasteiger partial charge is 0.387 e. The SMILES string of the molecule is CC(c1ccc(OC(F)F)cc1)N1C[C@@H](N)[C@H](c2ccccc2)C1. The van der Waals surface area contributed by atoms with Gasteiger partial charge in [0.05, 0.1) is 0 Å². The van der Waals surface area contributed by atoms with Crippen molar-refractivity contribution in [1.29, 1.82) is 0 Å². The second kappa shape index (κ2) is 7.28. The minimum atomic E-state index is -2.79. The number of alkyl halides is 2. The van der Waals surface area contributed by atoms with E-state index in [0.717, 1.165) is 18.7 Å². The fraction of sp³-hybridized carbons (Fsp3) is 0.368. The third-order valence-corrected chi connectivity index (χ3v) is 4.76. The summed E-state index contributed by atoms with van der Waals surface area (Å²) < 4.78 is 28.9. The van der Waals surface area contributed by atoms with Gasteiger partial charge in [0.15, 0.2) is 0 Å². The van der Waals surface area contributed by atoms with Crippen molar-refractivity contribution in [3.05, 3.63) is 65.7 Å². The topological polar surface area (TPSA) is 38.5 Å². The van der Waals surface area contributed by atoms with Gasteiger partial charge in [0.25, 0.3) is 0 Å². The molecule has 1 unspecified atom stereocenters. The molecule has 5 heteroatoms. The van der Waals surface area contributed by atoms with E-state index >= 15 is 0 Å². The second-order valence-electron chi connectivity index (χ2n) is 6.26. The zero-order valence-electron chi connectivity index (χ0n) is 13.6. The molecule has 0 amide bonds. The van der Waals surface area contributed by atoms with Crippen LogP contribution in [0.2, 0.25) is 0 Å². The fourth-order valence-electron chi connectivity index (χ4n) is 3.37. The van der Waals surface area contributed by atoms with E-state index in [0.29, 0.717) is 5.92 Å². The summed E-state index contributed by atoms with van der Waals surface area (Å²) >= 11 is 0. The lowest BCUT2D eigenvalue weighted by Crippen LogP contribution is -2.29. The van der Waals surface area contributed by atoms with Crippen LogP contribution in [0.4, 0.5) is 8.78 Å². The molecule has 1 aliphatic heterocycles. The van der Waals surface area contributed by atoms with E-state index in [9.17, 15) is 8.78 Å². The van der Waals surface area contributed by atoms with Gasteiger partial charge in [-0.3, -0.25) is 4.90 Å². The van der Waals surface area contributed by atoms with Crippen molar-refractivity contribution in [2.75, 3.05) is 13.1 Å². The zero-order chi connectivity index (χ0) is 17.1. The highest BCUT2D eigenvalue weighted by atomic mass is 19.3. The molecular weight excluding hydrogens is 310 g/mol. The molecule has 2 aromatic rings. The number of rotatable bonds is 5. The van der Waals surface area contributed by atoms with Gasteiger partial charge in [0.2, 0.25) is 0 Å². The summed E-state index contributed by atoms with van der Waals surface area (Å²) in [4.78, 5) is 2.34. The predicted molar refractivity (Wildman–Crippen MR) is 90.2 cm³/mol. The van der Waals surface area contributed by atoms with E-state index < -0.39 is 6.61 Å². The van der Waals surface area contributed by atoms with Crippen molar-refractivity contribution >= 4 is 0 Å². The minimum Gasteiger partial charge on any atom is -0.435 e. The highest BCUT2D eigenvalue weighted by Gasteiger charge is 2.33. The Kier molecular flexibility index (Phi) is 5.11. The maximum Gasteiger partial charge on any atom is 0.387 e. The molecule has 0 saturated carbocycles. The zero-order valence-corrected chi connectivity index (χ0v) is 13.6. The number of ether oxygens (including phenoxy) is 1. The maximum absolute atomic E-state index is 12.2. The van der Waals surface area contributed by atoms with Crippen molar-refractivity contribution in [2.45, 2.75) is 31.5 Å². The number of likely N-dealkylation sites (tertiary alicyclic amines) is 1. The summed E-state index contributed by atoms with van der Waals surface area (Å²) in [5.74, 6) is 0.497. The Hall–Kier alpha value is -1.98. The van der Waals surface area contributed by atoms with Crippen molar-refractivity contribution in [3.63, 3.8) is 0 Å². The molecule has 0 spiro atoms. The number of nitrogens with zero attached hydrogens (tertiary/aromatic N) is 1. The Bertz CT molecular complexity index is 648. The van der Waals surface area contributed by atoms with Crippen molar-refractivity contribution in [2.24, 2.45) is 5.73 Å². The minimum absolute atomic E-state index is 0.0938. The third kappa shape index (κ3) is 3.74. The molecule has 0 aliphatic carbocycles. The van der Waals surface area contributed by atoms with E-state index in [4.69, 9.17) is 5.73 Å². The van der Waals surface area contributed by atoms with E-state index in [1.807, 2.05) is 30.3 Å². The van der Waals surface area contributed by atoms with Gasteiger partial charge in [-0.25, -0.2) is 0 Å². The lowest BCUT2D eigenvalue weighted by Gasteiger charge is -2.25. The lowest BCUT2D eigenvalue weighted by atomic mass is 9.95. The maximum atomic E-state index is 12.2. The van der Waals surface area contributed by atoms with Crippen LogP contribution in [-0.4, -0.2) is 30.6 Å². The highest BCUT2D eigenvalue weighted by molar-refractivity contribution is 5.30. The molecule has 2 aromatic carbocycles. The predicted octanol–water partition coefficient (Wildman–Crippen LogP) is 3.78. The molecule has 3 atom stereocenters. The van der Waals surface area contributed by atoms with Gasteiger partial charge in [-0.05, 0) is 30.2 Å². The first-order valence-electron chi connectivity index (χ1n) is 8.14. The van der Waals surface area contributed by atoms with Crippen LogP contribution in [0.5, 0.6) is 5.75 Å². The summed E-state index contributed by atoms with van der Waals surface area (Å²) in [6, 6.07) is 17.4. The quantitative estimate of drug-likeness (QED) is 0.906. The van der Waals surface area contributed by atoms with Crippen LogP contribution < -0.4 is 10.5 Å². The van der Waals surface area contributed by atoms with Gasteiger partial charge in [-0.15, -0.1) is 0 Å². The van der Waals surface area contributed by atoms with Gasteiger partial charge in [0, 0.05) is 31.1 Å². The van der Waals surface area contributed by atoms with Crippen LogP contribution in [0.15, 0.2) is 54.6 Å². The number of benzene rings is 2. The van der Waals surface area contributed by atoms with Crippen LogP contribution >= 0.6 is 0 Å². The molecule has 128 valence electrons. The van der Waals surface area contributed by atoms with E-state index in [1.165, 1.54) is 5.56 Å². The Labute approximate surface area is 141 Å². The van der Waals surface area contributed by atoms with Crippen molar-refractivity contribution in [1.82, 2.24) is 4.90 Å². The number of halogens is 2. The number of hydrogen-bond donors (Lipinski definition) is 1. The second-order valence-corrected chi connectivity index (χ2v) is 6.26. The van der Waals surface area contributed by atoms with Crippen LogP contribution in [0.25, 0.3) is 0 Å². The molecule has 3 nitrogen and oxygen atoms in total. The summed E-state index contributed by atoms with van der Waals surface area (Å²) in [7, 11) is 0. The fourth-order valence-corrected chi connectivity index (χ4v) is 3.37. The van der Waals surface area contributed by atoms with Crippen molar-refractivity contribution < 1.29 is 13.5 Å². The Morgan fingerprint density at radius 1 is 1.04 bits per heavy atom. The summed E-state index contributed by atoms with van der Waals surface area (Å²) in [5.41, 5.74) is 8.68. The van der Waals surface area contributed by atoms with Gasteiger partial charge >= 0.3 is 6.61 Å². The van der Waals surface area contributed by atoms with E-state index in [-0.39, 0.29) is 17.8 Å². The van der Waals surface area contributed by atoms with E-state index in [1.54, 1.807) is 12.1 Å². The molecule has 1 saturated heterocycles. The summed E-state index contributed by atoms with van der Waals surface area (Å²) in [5, 5.41) is 0. The van der Waals surface area contributed by atoms with Crippen LogP contribution in [-0.2, 0) is 0 Å². The molecule has 0 radical (unpaired) electrons. The third-order valence-electron chi connectivity index (χ3n) is 4.76. The first-order valence-corrected chi connectivity index (χ1v) is 8.14. The monoisotopic (exact) mass is 332 g/mol.